The Kier molecular flexibility index (Phi) is 4.84. The summed E-state index contributed by atoms with van der Waals surface area (Å²) < 4.78 is 5.75. The molecule has 27 heavy (non-hydrogen) atoms. The third-order valence-electron chi connectivity index (χ3n) is 4.42. The van der Waals surface area contributed by atoms with Crippen molar-refractivity contribution in [3.63, 3.8) is 0 Å². The number of aromatic amines is 1. The highest BCUT2D eigenvalue weighted by Crippen LogP contribution is 2.22. The molecule has 7 nitrogen and oxygen atoms in total. The van der Waals surface area contributed by atoms with E-state index in [0.29, 0.717) is 32.1 Å². The quantitative estimate of drug-likeness (QED) is 0.744. The Morgan fingerprint density at radius 1 is 1.22 bits per heavy atom. The molecule has 4 rings (SSSR count). The number of aryl methyl sites for hydroxylation is 1. The predicted octanol–water partition coefficient (Wildman–Crippen LogP) is 2.61. The first-order valence-electron chi connectivity index (χ1n) is 8.90. The highest BCUT2D eigenvalue weighted by molar-refractivity contribution is 5.92. The second-order valence-electron chi connectivity index (χ2n) is 6.54. The van der Waals surface area contributed by atoms with E-state index in [4.69, 9.17) is 4.74 Å². The molecule has 0 fully saturated rings. The first-order chi connectivity index (χ1) is 13.2. The summed E-state index contributed by atoms with van der Waals surface area (Å²) in [6.45, 7) is 4.17. The molecule has 3 aromatic rings. The van der Waals surface area contributed by atoms with Crippen molar-refractivity contribution in [3.05, 3.63) is 59.9 Å². The van der Waals surface area contributed by atoms with Crippen LogP contribution in [0.4, 0.5) is 5.69 Å². The summed E-state index contributed by atoms with van der Waals surface area (Å²) in [4.78, 5) is 18.8. The van der Waals surface area contributed by atoms with Gasteiger partial charge in [0.2, 0.25) is 5.91 Å². The van der Waals surface area contributed by atoms with Gasteiger partial charge < -0.3 is 10.1 Å². The minimum absolute atomic E-state index is 0.0455. The standard InChI is InChI=1S/C20H21N5O2/c1-14-21-20(24-23-14)15-6-8-17(9-7-15)22-19(26)13-25-10-11-27-18-5-3-2-4-16(18)12-25/h2-9H,10-13H2,1H3,(H,22,26)(H,21,23,24). The number of ether oxygens (including phenoxy) is 1. The van der Waals surface area contributed by atoms with Gasteiger partial charge in [0.15, 0.2) is 5.82 Å². The SMILES string of the molecule is Cc1nc(-c2ccc(NC(=O)CN3CCOc4ccccc4C3)cc2)n[nH]1. The van der Waals surface area contributed by atoms with Gasteiger partial charge in [0, 0.05) is 29.9 Å². The van der Waals surface area contributed by atoms with Gasteiger partial charge >= 0.3 is 0 Å². The van der Waals surface area contributed by atoms with Crippen molar-refractivity contribution in [1.29, 1.82) is 0 Å². The summed E-state index contributed by atoms with van der Waals surface area (Å²) in [6, 6.07) is 15.5. The molecule has 0 atom stereocenters. The Hall–Kier alpha value is -3.19. The van der Waals surface area contributed by atoms with Crippen molar-refractivity contribution in [2.24, 2.45) is 0 Å². The van der Waals surface area contributed by atoms with Gasteiger partial charge in [-0.25, -0.2) is 4.98 Å². The minimum Gasteiger partial charge on any atom is -0.492 e. The lowest BCUT2D eigenvalue weighted by Gasteiger charge is -2.18. The fourth-order valence-electron chi connectivity index (χ4n) is 3.09. The summed E-state index contributed by atoms with van der Waals surface area (Å²) in [5.74, 6) is 2.27. The van der Waals surface area contributed by atoms with Crippen LogP contribution in [-0.2, 0) is 11.3 Å². The smallest absolute Gasteiger partial charge is 0.238 e. The Bertz CT molecular complexity index is 936. The van der Waals surface area contributed by atoms with Gasteiger partial charge in [-0.2, -0.15) is 5.10 Å². The number of rotatable bonds is 4. The third kappa shape index (κ3) is 4.15. The molecule has 1 amide bonds. The van der Waals surface area contributed by atoms with Crippen molar-refractivity contribution in [2.75, 3.05) is 25.0 Å². The monoisotopic (exact) mass is 363 g/mol. The molecule has 0 saturated heterocycles. The lowest BCUT2D eigenvalue weighted by molar-refractivity contribution is -0.117. The van der Waals surface area contributed by atoms with Gasteiger partial charge in [-0.1, -0.05) is 18.2 Å². The molecule has 0 unspecified atom stereocenters. The summed E-state index contributed by atoms with van der Waals surface area (Å²) in [7, 11) is 0. The molecule has 0 spiro atoms. The molecular formula is C20H21N5O2. The number of hydrogen-bond donors (Lipinski definition) is 2. The van der Waals surface area contributed by atoms with E-state index >= 15 is 0 Å². The van der Waals surface area contributed by atoms with E-state index in [9.17, 15) is 4.79 Å². The number of para-hydroxylation sites is 1. The van der Waals surface area contributed by atoms with Gasteiger partial charge in [-0.15, -0.1) is 0 Å². The van der Waals surface area contributed by atoms with Crippen molar-refractivity contribution in [2.45, 2.75) is 13.5 Å². The zero-order chi connectivity index (χ0) is 18.6. The van der Waals surface area contributed by atoms with Gasteiger partial charge in [-0.05, 0) is 37.3 Å². The van der Waals surface area contributed by atoms with Crippen LogP contribution >= 0.6 is 0 Å². The van der Waals surface area contributed by atoms with Gasteiger partial charge in [0.05, 0.1) is 6.54 Å². The number of carbonyl (C=O) groups is 1. The summed E-state index contributed by atoms with van der Waals surface area (Å²) in [6.07, 6.45) is 0. The highest BCUT2D eigenvalue weighted by atomic mass is 16.5. The van der Waals surface area contributed by atoms with Crippen molar-refractivity contribution >= 4 is 11.6 Å². The van der Waals surface area contributed by atoms with E-state index in [1.807, 2.05) is 55.5 Å². The fourth-order valence-corrected chi connectivity index (χ4v) is 3.09. The van der Waals surface area contributed by atoms with E-state index in [-0.39, 0.29) is 5.91 Å². The largest absolute Gasteiger partial charge is 0.492 e. The third-order valence-corrected chi connectivity index (χ3v) is 4.42. The van der Waals surface area contributed by atoms with Crippen LogP contribution in [0.15, 0.2) is 48.5 Å². The molecule has 0 radical (unpaired) electrons. The van der Waals surface area contributed by atoms with E-state index in [1.54, 1.807) is 0 Å². The molecule has 2 aromatic carbocycles. The van der Waals surface area contributed by atoms with Crippen molar-refractivity contribution < 1.29 is 9.53 Å². The van der Waals surface area contributed by atoms with Gasteiger partial charge in [0.25, 0.3) is 0 Å². The highest BCUT2D eigenvalue weighted by Gasteiger charge is 2.17. The molecular weight excluding hydrogens is 342 g/mol. The number of fused-ring (bicyclic) bond motifs is 1. The Morgan fingerprint density at radius 3 is 2.81 bits per heavy atom. The number of nitrogens with one attached hydrogen (secondary N) is 2. The molecule has 1 aliphatic heterocycles. The lowest BCUT2D eigenvalue weighted by Crippen LogP contribution is -2.34. The average molecular weight is 363 g/mol. The normalized spacial score (nSPS) is 14.1. The van der Waals surface area contributed by atoms with Gasteiger partial charge in [0.1, 0.15) is 18.2 Å². The number of benzene rings is 2. The molecule has 2 heterocycles. The first-order valence-corrected chi connectivity index (χ1v) is 8.90. The molecule has 2 N–H and O–H groups in total. The maximum absolute atomic E-state index is 12.4. The van der Waals surface area contributed by atoms with Crippen LogP contribution in [0.5, 0.6) is 5.75 Å². The average Bonchev–Trinajstić information content (AvgIpc) is 2.99. The van der Waals surface area contributed by atoms with E-state index in [0.717, 1.165) is 28.4 Å². The maximum Gasteiger partial charge on any atom is 0.238 e. The lowest BCUT2D eigenvalue weighted by atomic mass is 10.2. The van der Waals surface area contributed by atoms with E-state index < -0.39 is 0 Å². The van der Waals surface area contributed by atoms with Crippen LogP contribution in [0.3, 0.4) is 0 Å². The first kappa shape index (κ1) is 17.2. The molecule has 1 aliphatic rings. The molecule has 0 saturated carbocycles. The number of nitrogens with zero attached hydrogens (tertiary/aromatic N) is 3. The Balaban J connectivity index is 1.36. The number of hydrogen-bond acceptors (Lipinski definition) is 5. The number of anilines is 1. The van der Waals surface area contributed by atoms with Crippen LogP contribution in [0.2, 0.25) is 0 Å². The van der Waals surface area contributed by atoms with Crippen molar-refractivity contribution in [1.82, 2.24) is 20.1 Å². The van der Waals surface area contributed by atoms with Crippen LogP contribution < -0.4 is 10.1 Å². The van der Waals surface area contributed by atoms with E-state index in [1.165, 1.54) is 0 Å². The van der Waals surface area contributed by atoms with Crippen LogP contribution in [0.1, 0.15) is 11.4 Å². The predicted molar refractivity (Wildman–Crippen MR) is 102 cm³/mol. The molecule has 1 aromatic heterocycles. The number of H-pyrrole nitrogens is 1. The summed E-state index contributed by atoms with van der Waals surface area (Å²) in [5.41, 5.74) is 2.76. The molecule has 138 valence electrons. The topological polar surface area (TPSA) is 83.1 Å². The number of amides is 1. The van der Waals surface area contributed by atoms with Crippen LogP contribution in [0.25, 0.3) is 11.4 Å². The summed E-state index contributed by atoms with van der Waals surface area (Å²) >= 11 is 0. The van der Waals surface area contributed by atoms with E-state index in [2.05, 4.69) is 25.4 Å². The molecule has 0 bridgehead atoms. The zero-order valence-electron chi connectivity index (χ0n) is 15.1. The zero-order valence-corrected chi connectivity index (χ0v) is 15.1. The van der Waals surface area contributed by atoms with Gasteiger partial charge in [-0.3, -0.25) is 14.8 Å². The second-order valence-corrected chi connectivity index (χ2v) is 6.54. The maximum atomic E-state index is 12.4. The molecule has 0 aliphatic carbocycles. The Morgan fingerprint density at radius 2 is 2.04 bits per heavy atom. The van der Waals surface area contributed by atoms with Crippen molar-refractivity contribution in [3.8, 4) is 17.1 Å². The number of carbonyl (C=O) groups excluding carboxylic acids is 1. The van der Waals surface area contributed by atoms with Crippen LogP contribution in [-0.4, -0.2) is 45.7 Å². The van der Waals surface area contributed by atoms with Crippen LogP contribution in [0, 0.1) is 6.92 Å². The second kappa shape index (κ2) is 7.59. The fraction of sp³-hybridized carbons (Fsp3) is 0.250. The number of aromatic nitrogens is 3. The Labute approximate surface area is 157 Å². The minimum atomic E-state index is -0.0455. The summed E-state index contributed by atoms with van der Waals surface area (Å²) in [5, 5.41) is 9.91. The molecule has 7 heteroatoms.